The van der Waals surface area contributed by atoms with Gasteiger partial charge in [-0.15, -0.1) is 0 Å². The summed E-state index contributed by atoms with van der Waals surface area (Å²) in [5, 5.41) is 0. The first-order valence-corrected chi connectivity index (χ1v) is 10.7. The Morgan fingerprint density at radius 1 is 0.889 bits per heavy atom. The molecule has 0 amide bonds. The van der Waals surface area contributed by atoms with E-state index < -0.39 is 13.5 Å². The van der Waals surface area contributed by atoms with Crippen molar-refractivity contribution in [1.82, 2.24) is 0 Å². The van der Waals surface area contributed by atoms with E-state index in [9.17, 15) is 0 Å². The Hall–Kier alpha value is -0.817. The standard InChI is InChI=1S/C14H11N.2ClH.Ru/c1-12-7-5-6-10-14(12)15-11-13-8-3-2-4-9-13;;;/h1-11H;2*1H;/q;;;+2/p-2. The van der Waals surface area contributed by atoms with Crippen molar-refractivity contribution < 1.29 is 13.5 Å². The Morgan fingerprint density at radius 3 is 2.28 bits per heavy atom. The second kappa shape index (κ2) is 6.94. The molecule has 2 aromatic rings. The summed E-state index contributed by atoms with van der Waals surface area (Å²) in [4.78, 5) is 4.48. The van der Waals surface area contributed by atoms with Crippen LogP contribution in [0.15, 0.2) is 59.6 Å². The van der Waals surface area contributed by atoms with Crippen LogP contribution in [0.3, 0.4) is 0 Å². The fraction of sp³-hybridized carbons (Fsp3) is 0. The Bertz CT molecular complexity index is 575. The Morgan fingerprint density at radius 2 is 1.56 bits per heavy atom. The average Bonchev–Trinajstić information content (AvgIpc) is 2.38. The zero-order valence-electron chi connectivity index (χ0n) is 9.41. The Labute approximate surface area is 120 Å². The minimum absolute atomic E-state index is 0.890. The molecule has 4 heteroatoms. The zero-order chi connectivity index (χ0) is 12.8. The molecule has 1 nitrogen and oxygen atoms in total. The molecule has 0 N–H and O–H groups in total. The minimum atomic E-state index is -1.82. The van der Waals surface area contributed by atoms with E-state index in [4.69, 9.17) is 19.4 Å². The third kappa shape index (κ3) is 4.13. The molecule has 0 bridgehead atoms. The molecule has 18 heavy (non-hydrogen) atoms. The van der Waals surface area contributed by atoms with Crippen molar-refractivity contribution in [3.8, 4) is 0 Å². The Balaban J connectivity index is 2.29. The first-order valence-electron chi connectivity index (χ1n) is 5.27. The van der Waals surface area contributed by atoms with Crippen molar-refractivity contribution in [2.75, 3.05) is 0 Å². The first-order chi connectivity index (χ1) is 8.75. The molecule has 0 saturated carbocycles. The van der Waals surface area contributed by atoms with Gasteiger partial charge in [-0.2, -0.15) is 0 Å². The van der Waals surface area contributed by atoms with E-state index >= 15 is 0 Å². The summed E-state index contributed by atoms with van der Waals surface area (Å²) in [6, 6.07) is 17.8. The van der Waals surface area contributed by atoms with Gasteiger partial charge in [-0.25, -0.2) is 0 Å². The van der Waals surface area contributed by atoms with Gasteiger partial charge in [0.25, 0.3) is 0 Å². The summed E-state index contributed by atoms with van der Waals surface area (Å²) in [6.07, 6.45) is 1.84. The summed E-state index contributed by atoms with van der Waals surface area (Å²) in [5.74, 6) is 0. The average molecular weight is 365 g/mol. The molecule has 0 aliphatic rings. The maximum absolute atomic E-state index is 5.90. The molecule has 0 unspecified atom stereocenters. The van der Waals surface area contributed by atoms with Gasteiger partial charge >= 0.3 is 120 Å². The predicted octanol–water partition coefficient (Wildman–Crippen LogP) is 4.51. The van der Waals surface area contributed by atoms with Gasteiger partial charge < -0.3 is 0 Å². The Kier molecular flexibility index (Phi) is 5.25. The number of benzene rings is 2. The summed E-state index contributed by atoms with van der Waals surface area (Å²) in [5.41, 5.74) is 2.95. The van der Waals surface area contributed by atoms with Crippen LogP contribution in [0.4, 0.5) is 5.69 Å². The van der Waals surface area contributed by atoms with Crippen LogP contribution >= 0.6 is 19.4 Å². The fourth-order valence-corrected chi connectivity index (χ4v) is 3.27. The molecule has 2 aromatic carbocycles. The van der Waals surface area contributed by atoms with Gasteiger partial charge in [0.1, 0.15) is 0 Å². The fourth-order valence-electron chi connectivity index (χ4n) is 1.46. The topological polar surface area (TPSA) is 12.4 Å². The molecule has 94 valence electrons. The molecule has 0 spiro atoms. The molecule has 0 saturated heterocycles. The van der Waals surface area contributed by atoms with Crippen LogP contribution in [-0.2, 0) is 13.5 Å². The van der Waals surface area contributed by atoms with E-state index in [1.54, 1.807) is 0 Å². The zero-order valence-corrected chi connectivity index (χ0v) is 12.7. The number of hydrogen-bond donors (Lipinski definition) is 0. The molecule has 0 radical (unpaired) electrons. The summed E-state index contributed by atoms with van der Waals surface area (Å²) in [6.45, 7) is 0. The molecule has 0 aliphatic heterocycles. The van der Waals surface area contributed by atoms with Gasteiger partial charge in [0.2, 0.25) is 0 Å². The summed E-state index contributed by atoms with van der Waals surface area (Å²) >= 11 is -1.82. The van der Waals surface area contributed by atoms with Crippen LogP contribution in [0, 0.1) is 0 Å². The van der Waals surface area contributed by atoms with Crippen LogP contribution in [-0.4, -0.2) is 10.8 Å². The van der Waals surface area contributed by atoms with Gasteiger partial charge in [-0.1, -0.05) is 0 Å². The van der Waals surface area contributed by atoms with Gasteiger partial charge in [0.15, 0.2) is 0 Å². The van der Waals surface area contributed by atoms with Crippen molar-refractivity contribution in [2.24, 2.45) is 4.99 Å². The number of halogens is 2. The van der Waals surface area contributed by atoms with E-state index in [0.29, 0.717) is 0 Å². The van der Waals surface area contributed by atoms with E-state index in [1.807, 2.05) is 65.4 Å². The number of aliphatic imine (C=N–C) groups is 1. The first kappa shape index (κ1) is 13.6. The van der Waals surface area contributed by atoms with Gasteiger partial charge in [0.05, 0.1) is 0 Å². The van der Waals surface area contributed by atoms with Crippen LogP contribution in [0.5, 0.6) is 0 Å². The van der Waals surface area contributed by atoms with Crippen LogP contribution in [0.2, 0.25) is 0 Å². The molecular weight excluding hydrogens is 354 g/mol. The predicted molar refractivity (Wildman–Crippen MR) is 77.0 cm³/mol. The van der Waals surface area contributed by atoms with E-state index in [1.165, 1.54) is 0 Å². The SMILES string of the molecule is [Cl][Ru]([Cl])=[CH]c1ccccc1N=Cc1ccccc1. The molecular formula is C14H11Cl2NRu. The second-order valence-corrected chi connectivity index (χ2v) is 9.26. The van der Waals surface area contributed by atoms with Gasteiger partial charge in [-0.05, 0) is 0 Å². The molecule has 0 aliphatic carbocycles. The van der Waals surface area contributed by atoms with E-state index in [2.05, 4.69) is 4.99 Å². The molecule has 0 heterocycles. The van der Waals surface area contributed by atoms with Gasteiger partial charge in [0, 0.05) is 0 Å². The third-order valence-corrected chi connectivity index (χ3v) is 4.11. The van der Waals surface area contributed by atoms with E-state index in [0.717, 1.165) is 16.8 Å². The molecule has 0 fully saturated rings. The second-order valence-electron chi connectivity index (χ2n) is 3.53. The van der Waals surface area contributed by atoms with Crippen LogP contribution in [0.1, 0.15) is 11.1 Å². The monoisotopic (exact) mass is 365 g/mol. The van der Waals surface area contributed by atoms with Crippen molar-refractivity contribution in [3.05, 3.63) is 65.7 Å². The van der Waals surface area contributed by atoms with Crippen molar-refractivity contribution in [3.63, 3.8) is 0 Å². The maximum atomic E-state index is 5.90. The molecule has 0 aromatic heterocycles. The number of nitrogens with zero attached hydrogens (tertiary/aromatic N) is 1. The van der Waals surface area contributed by atoms with Crippen LogP contribution < -0.4 is 0 Å². The van der Waals surface area contributed by atoms with Crippen LogP contribution in [0.25, 0.3) is 0 Å². The molecule has 2 rings (SSSR count). The number of para-hydroxylation sites is 1. The summed E-state index contributed by atoms with van der Waals surface area (Å²) < 4.78 is 1.91. The van der Waals surface area contributed by atoms with Crippen molar-refractivity contribution >= 4 is 35.9 Å². The number of rotatable bonds is 3. The van der Waals surface area contributed by atoms with Gasteiger partial charge in [-0.3, -0.25) is 0 Å². The summed E-state index contributed by atoms with van der Waals surface area (Å²) in [7, 11) is 11.8. The molecule has 0 atom stereocenters. The number of hydrogen-bond acceptors (Lipinski definition) is 1. The normalized spacial score (nSPS) is 11.6. The third-order valence-electron chi connectivity index (χ3n) is 2.28. The van der Waals surface area contributed by atoms with Crippen molar-refractivity contribution in [2.45, 2.75) is 0 Å². The van der Waals surface area contributed by atoms with E-state index in [-0.39, 0.29) is 0 Å². The quantitative estimate of drug-likeness (QED) is 0.561. The van der Waals surface area contributed by atoms with Crippen molar-refractivity contribution in [1.29, 1.82) is 0 Å².